The lowest BCUT2D eigenvalue weighted by atomic mass is 9.99. The molecule has 0 radical (unpaired) electrons. The monoisotopic (exact) mass is 399 g/mol. The molecule has 148 valence electrons. The fraction of sp³-hybridized carbons (Fsp3) is 0.364. The Hall–Kier alpha value is -2.37. The Morgan fingerprint density at radius 2 is 1.79 bits per heavy atom. The number of rotatable bonds is 7. The molecule has 1 unspecified atom stereocenters. The first-order valence-corrected chi connectivity index (χ1v) is 10.0. The average molecular weight is 400 g/mol. The zero-order valence-electron chi connectivity index (χ0n) is 16.1. The number of carbonyl (C=O) groups excluding carboxylic acids is 2. The van der Waals surface area contributed by atoms with Gasteiger partial charge in [-0.05, 0) is 48.7 Å². The Morgan fingerprint density at radius 1 is 1.07 bits per heavy atom. The fourth-order valence-corrected chi connectivity index (χ4v) is 3.49. The van der Waals surface area contributed by atoms with Gasteiger partial charge < -0.3 is 10.6 Å². The molecular weight excluding hydrogens is 374 g/mol. The van der Waals surface area contributed by atoms with E-state index in [1.807, 2.05) is 0 Å². The molecule has 6 heteroatoms. The highest BCUT2D eigenvalue weighted by Gasteiger charge is 2.20. The first-order valence-electron chi connectivity index (χ1n) is 9.64. The summed E-state index contributed by atoms with van der Waals surface area (Å²) in [6, 6.07) is 15.5. The third-order valence-electron chi connectivity index (χ3n) is 5.12. The second-order valence-corrected chi connectivity index (χ2v) is 7.59. The summed E-state index contributed by atoms with van der Waals surface area (Å²) in [6.07, 6.45) is 1.31. The minimum Gasteiger partial charge on any atom is -0.354 e. The Balaban J connectivity index is 1.36. The van der Waals surface area contributed by atoms with Crippen molar-refractivity contribution in [2.24, 2.45) is 0 Å². The molecule has 1 heterocycles. The largest absolute Gasteiger partial charge is 0.354 e. The van der Waals surface area contributed by atoms with E-state index in [4.69, 9.17) is 11.6 Å². The van der Waals surface area contributed by atoms with Gasteiger partial charge in [-0.2, -0.15) is 0 Å². The summed E-state index contributed by atoms with van der Waals surface area (Å²) in [5, 5.41) is 6.32. The summed E-state index contributed by atoms with van der Waals surface area (Å²) in [6.45, 7) is 4.97. The number of amides is 2. The molecule has 3 rings (SSSR count). The van der Waals surface area contributed by atoms with Crippen LogP contribution in [0.5, 0.6) is 0 Å². The van der Waals surface area contributed by atoms with Gasteiger partial charge in [0.05, 0.1) is 0 Å². The first-order chi connectivity index (χ1) is 13.5. The molecule has 2 amide bonds. The summed E-state index contributed by atoms with van der Waals surface area (Å²) in [5.41, 5.74) is 3.33. The van der Waals surface area contributed by atoms with Crippen LogP contribution >= 0.6 is 11.6 Å². The van der Waals surface area contributed by atoms with Crippen LogP contribution in [0, 0.1) is 0 Å². The van der Waals surface area contributed by atoms with Gasteiger partial charge in [-0.25, -0.2) is 0 Å². The van der Waals surface area contributed by atoms with Crippen molar-refractivity contribution in [1.82, 2.24) is 15.5 Å². The van der Waals surface area contributed by atoms with Gasteiger partial charge >= 0.3 is 0 Å². The highest BCUT2D eigenvalue weighted by molar-refractivity contribution is 6.30. The van der Waals surface area contributed by atoms with Gasteiger partial charge in [-0.3, -0.25) is 14.5 Å². The minimum absolute atomic E-state index is 0.0549. The standard InChI is InChI=1S/C22H26ClN3O2/c1-16(26-13-11-17-4-2-3-5-19(17)15-26)14-25-21(27)10-12-24-22(28)18-6-8-20(23)9-7-18/h2-9,16H,10-15H2,1H3,(H,24,28)(H,25,27). The maximum atomic E-state index is 12.1. The number of nitrogens with one attached hydrogen (secondary N) is 2. The predicted octanol–water partition coefficient (Wildman–Crippen LogP) is 3.02. The number of carbonyl (C=O) groups is 2. The van der Waals surface area contributed by atoms with E-state index < -0.39 is 0 Å². The van der Waals surface area contributed by atoms with Gasteiger partial charge in [0, 0.05) is 49.2 Å². The van der Waals surface area contributed by atoms with Gasteiger partial charge in [-0.15, -0.1) is 0 Å². The number of hydrogen-bond acceptors (Lipinski definition) is 3. The molecule has 0 aromatic heterocycles. The highest BCUT2D eigenvalue weighted by Crippen LogP contribution is 2.19. The lowest BCUT2D eigenvalue weighted by Gasteiger charge is -2.33. The van der Waals surface area contributed by atoms with E-state index in [1.165, 1.54) is 11.1 Å². The lowest BCUT2D eigenvalue weighted by molar-refractivity contribution is -0.121. The topological polar surface area (TPSA) is 61.4 Å². The van der Waals surface area contributed by atoms with Gasteiger partial charge in [-0.1, -0.05) is 35.9 Å². The second kappa shape index (κ2) is 9.71. The zero-order chi connectivity index (χ0) is 19.9. The van der Waals surface area contributed by atoms with E-state index in [0.29, 0.717) is 23.7 Å². The third kappa shape index (κ3) is 5.57. The molecule has 2 N–H and O–H groups in total. The Morgan fingerprint density at radius 3 is 2.54 bits per heavy atom. The minimum atomic E-state index is -0.204. The fourth-order valence-electron chi connectivity index (χ4n) is 3.37. The van der Waals surface area contributed by atoms with E-state index in [9.17, 15) is 9.59 Å². The molecule has 0 saturated carbocycles. The smallest absolute Gasteiger partial charge is 0.251 e. The van der Waals surface area contributed by atoms with E-state index in [0.717, 1.165) is 19.5 Å². The van der Waals surface area contributed by atoms with E-state index in [-0.39, 0.29) is 24.3 Å². The summed E-state index contributed by atoms with van der Waals surface area (Å²) in [7, 11) is 0. The first kappa shape index (κ1) is 20.4. The van der Waals surface area contributed by atoms with Crippen LogP contribution in [0.4, 0.5) is 0 Å². The van der Waals surface area contributed by atoms with E-state index in [2.05, 4.69) is 46.7 Å². The molecule has 1 atom stereocenters. The van der Waals surface area contributed by atoms with Crippen LogP contribution in [0.15, 0.2) is 48.5 Å². The maximum absolute atomic E-state index is 12.1. The summed E-state index contributed by atoms with van der Waals surface area (Å²) >= 11 is 5.82. The molecule has 0 aliphatic carbocycles. The van der Waals surface area contributed by atoms with Crippen molar-refractivity contribution in [2.75, 3.05) is 19.6 Å². The second-order valence-electron chi connectivity index (χ2n) is 7.16. The van der Waals surface area contributed by atoms with E-state index >= 15 is 0 Å². The van der Waals surface area contributed by atoms with Crippen molar-refractivity contribution in [3.63, 3.8) is 0 Å². The number of benzene rings is 2. The van der Waals surface area contributed by atoms with Gasteiger partial charge in [0.15, 0.2) is 0 Å². The number of hydrogen-bond donors (Lipinski definition) is 2. The predicted molar refractivity (Wildman–Crippen MR) is 111 cm³/mol. The van der Waals surface area contributed by atoms with Crippen molar-refractivity contribution >= 4 is 23.4 Å². The molecule has 2 aromatic carbocycles. The van der Waals surface area contributed by atoms with Gasteiger partial charge in [0.25, 0.3) is 5.91 Å². The van der Waals surface area contributed by atoms with Crippen LogP contribution in [-0.4, -0.2) is 42.4 Å². The molecule has 1 aliphatic heterocycles. The lowest BCUT2D eigenvalue weighted by Crippen LogP contribution is -2.44. The number of nitrogens with zero attached hydrogens (tertiary/aromatic N) is 1. The molecule has 0 saturated heterocycles. The van der Waals surface area contributed by atoms with Crippen LogP contribution in [-0.2, 0) is 17.8 Å². The van der Waals surface area contributed by atoms with Gasteiger partial charge in [0.2, 0.25) is 5.91 Å². The zero-order valence-corrected chi connectivity index (χ0v) is 16.8. The summed E-state index contributed by atoms with van der Waals surface area (Å²) < 4.78 is 0. The maximum Gasteiger partial charge on any atom is 0.251 e. The van der Waals surface area contributed by atoms with Crippen molar-refractivity contribution in [3.05, 3.63) is 70.2 Å². The molecule has 1 aliphatic rings. The van der Waals surface area contributed by atoms with Crippen molar-refractivity contribution in [2.45, 2.75) is 32.4 Å². The summed E-state index contributed by atoms with van der Waals surface area (Å²) in [5.74, 6) is -0.259. The van der Waals surface area contributed by atoms with Crippen molar-refractivity contribution in [1.29, 1.82) is 0 Å². The number of halogens is 1. The summed E-state index contributed by atoms with van der Waals surface area (Å²) in [4.78, 5) is 26.5. The van der Waals surface area contributed by atoms with Crippen LogP contribution in [0.2, 0.25) is 5.02 Å². The SMILES string of the molecule is CC(CNC(=O)CCNC(=O)c1ccc(Cl)cc1)N1CCc2ccccc2C1. The average Bonchev–Trinajstić information content (AvgIpc) is 2.72. The molecule has 28 heavy (non-hydrogen) atoms. The van der Waals surface area contributed by atoms with Gasteiger partial charge in [0.1, 0.15) is 0 Å². The Kier molecular flexibility index (Phi) is 7.06. The quantitative estimate of drug-likeness (QED) is 0.752. The molecule has 0 bridgehead atoms. The normalized spacial score (nSPS) is 14.8. The molecule has 0 spiro atoms. The Bertz CT molecular complexity index is 823. The Labute approximate surface area is 171 Å². The molecular formula is C22H26ClN3O2. The van der Waals surface area contributed by atoms with Crippen molar-refractivity contribution < 1.29 is 9.59 Å². The highest BCUT2D eigenvalue weighted by atomic mass is 35.5. The van der Waals surface area contributed by atoms with Crippen LogP contribution in [0.1, 0.15) is 34.8 Å². The molecule has 2 aromatic rings. The van der Waals surface area contributed by atoms with Crippen LogP contribution in [0.25, 0.3) is 0 Å². The third-order valence-corrected chi connectivity index (χ3v) is 5.37. The molecule has 5 nitrogen and oxygen atoms in total. The van der Waals surface area contributed by atoms with Crippen molar-refractivity contribution in [3.8, 4) is 0 Å². The van der Waals surface area contributed by atoms with Crippen LogP contribution in [0.3, 0.4) is 0 Å². The number of fused-ring (bicyclic) bond motifs is 1. The molecule has 0 fully saturated rings. The van der Waals surface area contributed by atoms with Crippen LogP contribution < -0.4 is 10.6 Å². The van der Waals surface area contributed by atoms with E-state index in [1.54, 1.807) is 24.3 Å².